The molecular weight excluding hydrogens is 766 g/mol. The van der Waals surface area contributed by atoms with E-state index in [2.05, 4.69) is 34.4 Å². The fraction of sp³-hybridized carbons (Fsp3) is 0.442. The lowest BCUT2D eigenvalue weighted by atomic mass is 9.70. The summed E-state index contributed by atoms with van der Waals surface area (Å²) in [4.78, 5) is 60.4. The minimum Gasteiger partial charge on any atom is -0.455 e. The Labute approximate surface area is 330 Å². The van der Waals surface area contributed by atoms with Crippen LogP contribution in [-0.2, 0) is 33.4 Å². The number of hydrogen-bond acceptors (Lipinski definition) is 8. The normalized spacial score (nSPS) is 25.0. The highest BCUT2D eigenvalue weighted by atomic mass is 79.9. The Hall–Kier alpha value is -4.36. The molecule has 3 aliphatic rings. The number of halogens is 1. The second kappa shape index (κ2) is 18.1. The maximum absolute atomic E-state index is 15.1. The molecule has 0 radical (unpaired) electrons. The summed E-state index contributed by atoms with van der Waals surface area (Å²) in [5.41, 5.74) is -0.0280. The summed E-state index contributed by atoms with van der Waals surface area (Å²) in [6.45, 7) is 8.14. The van der Waals surface area contributed by atoms with Crippen LogP contribution in [0.3, 0.4) is 0 Å². The van der Waals surface area contributed by atoms with Crippen molar-refractivity contribution in [1.29, 1.82) is 0 Å². The fourth-order valence-corrected chi connectivity index (χ4v) is 9.50. The second-order valence-corrected chi connectivity index (χ2v) is 15.6. The van der Waals surface area contributed by atoms with Crippen molar-refractivity contribution in [3.63, 3.8) is 0 Å². The maximum atomic E-state index is 15.1. The van der Waals surface area contributed by atoms with E-state index in [0.29, 0.717) is 43.4 Å². The number of aliphatic hydroxyl groups excluding tert-OH is 1. The zero-order chi connectivity index (χ0) is 39.1. The van der Waals surface area contributed by atoms with Gasteiger partial charge in [-0.1, -0.05) is 88.7 Å². The van der Waals surface area contributed by atoms with Gasteiger partial charge in [-0.2, -0.15) is 0 Å². The van der Waals surface area contributed by atoms with Crippen molar-refractivity contribution < 1.29 is 38.5 Å². The summed E-state index contributed by atoms with van der Waals surface area (Å²) in [5, 5.41) is 14.4. The highest BCUT2D eigenvalue weighted by Crippen LogP contribution is 2.60. The Bertz CT molecular complexity index is 1870. The lowest BCUT2D eigenvalue weighted by Crippen LogP contribution is -2.57. The first-order valence-corrected chi connectivity index (χ1v) is 19.9. The van der Waals surface area contributed by atoms with E-state index in [1.165, 1.54) is 7.11 Å². The van der Waals surface area contributed by atoms with E-state index in [9.17, 15) is 19.5 Å². The second-order valence-electron chi connectivity index (χ2n) is 14.5. The van der Waals surface area contributed by atoms with Gasteiger partial charge in [-0.15, -0.1) is 13.2 Å². The van der Waals surface area contributed by atoms with Crippen LogP contribution < -0.4 is 10.2 Å². The number of fused-ring (bicyclic) bond motifs is 2. The molecule has 2 N–H and O–H groups in total. The molecule has 8 atom stereocenters. The van der Waals surface area contributed by atoms with Gasteiger partial charge in [0.1, 0.15) is 17.7 Å². The zero-order valence-corrected chi connectivity index (χ0v) is 32.8. The van der Waals surface area contributed by atoms with E-state index in [-0.39, 0.29) is 55.3 Å². The molecule has 3 aliphatic heterocycles. The van der Waals surface area contributed by atoms with Crippen LogP contribution in [-0.4, -0.2) is 95.7 Å². The van der Waals surface area contributed by atoms with Gasteiger partial charge in [0.05, 0.1) is 30.6 Å². The number of nitrogens with zero attached hydrogens (tertiary/aromatic N) is 2. The summed E-state index contributed by atoms with van der Waals surface area (Å²) in [6, 6.07) is 21.0. The molecule has 3 saturated heterocycles. The van der Waals surface area contributed by atoms with Crippen molar-refractivity contribution in [3.05, 3.63) is 104 Å². The van der Waals surface area contributed by atoms with E-state index in [0.717, 1.165) is 10.8 Å². The smallest absolute Gasteiger partial charge is 0.313 e. The zero-order valence-electron chi connectivity index (χ0n) is 31.2. The summed E-state index contributed by atoms with van der Waals surface area (Å²) in [7, 11) is 1.51. The molecule has 1 spiro atoms. The Morgan fingerprint density at radius 2 is 1.80 bits per heavy atom. The monoisotopic (exact) mass is 815 g/mol. The fourth-order valence-electron chi connectivity index (χ4n) is 8.56. The van der Waals surface area contributed by atoms with Gasteiger partial charge in [0.25, 0.3) is 5.91 Å². The van der Waals surface area contributed by atoms with Crippen LogP contribution in [0.2, 0.25) is 0 Å². The average molecular weight is 817 g/mol. The molecule has 3 amide bonds. The van der Waals surface area contributed by atoms with Gasteiger partial charge in [-0.05, 0) is 60.6 Å². The van der Waals surface area contributed by atoms with Crippen LogP contribution in [0.5, 0.6) is 0 Å². The van der Waals surface area contributed by atoms with Crippen LogP contribution in [0.4, 0.5) is 5.69 Å². The third-order valence-electron chi connectivity index (χ3n) is 11.0. The van der Waals surface area contributed by atoms with Gasteiger partial charge in [-0.3, -0.25) is 19.2 Å². The van der Waals surface area contributed by atoms with Gasteiger partial charge >= 0.3 is 5.97 Å². The summed E-state index contributed by atoms with van der Waals surface area (Å²) >= 11 is 3.77. The molecule has 6 rings (SSSR count). The molecule has 0 aromatic heterocycles. The number of carbonyl (C=O) groups excluding carboxylic acids is 4. The summed E-state index contributed by atoms with van der Waals surface area (Å²) in [5.74, 6) is -3.61. The van der Waals surface area contributed by atoms with Gasteiger partial charge < -0.3 is 34.4 Å². The van der Waals surface area contributed by atoms with Crippen molar-refractivity contribution in [2.75, 3.05) is 38.3 Å². The number of unbranched alkanes of at least 4 members (excludes halogenated alkanes) is 2. The van der Waals surface area contributed by atoms with Crippen LogP contribution in [0, 0.1) is 11.8 Å². The topological polar surface area (TPSA) is 135 Å². The number of rotatable bonds is 19. The number of anilines is 1. The Kier molecular flexibility index (Phi) is 13.2. The number of ether oxygens (including phenoxy) is 3. The largest absolute Gasteiger partial charge is 0.455 e. The van der Waals surface area contributed by atoms with Crippen molar-refractivity contribution in [1.82, 2.24) is 10.2 Å². The first kappa shape index (κ1) is 40.3. The van der Waals surface area contributed by atoms with E-state index >= 15 is 4.79 Å². The van der Waals surface area contributed by atoms with Gasteiger partial charge in [0.2, 0.25) is 11.8 Å². The molecule has 292 valence electrons. The predicted octanol–water partition coefficient (Wildman–Crippen LogP) is 5.65. The first-order valence-electron chi connectivity index (χ1n) is 19.0. The number of alkyl halides is 1. The number of esters is 1. The maximum Gasteiger partial charge on any atom is 0.313 e. The number of allylic oxidation sites excluding steroid dienone is 1. The highest BCUT2D eigenvalue weighted by Gasteiger charge is 2.77. The van der Waals surface area contributed by atoms with E-state index in [1.807, 2.05) is 72.8 Å². The summed E-state index contributed by atoms with van der Waals surface area (Å²) in [6.07, 6.45) is 4.37. The van der Waals surface area contributed by atoms with E-state index < -0.39 is 47.7 Å². The third kappa shape index (κ3) is 8.14. The molecule has 3 fully saturated rings. The van der Waals surface area contributed by atoms with Gasteiger partial charge in [0, 0.05) is 43.7 Å². The molecular formula is C43H50BrN3O8. The quantitative estimate of drug-likeness (QED) is 0.0687. The van der Waals surface area contributed by atoms with Gasteiger partial charge in [-0.25, -0.2) is 0 Å². The van der Waals surface area contributed by atoms with Crippen LogP contribution in [0.25, 0.3) is 10.8 Å². The number of likely N-dealkylation sites (tertiary alicyclic amines) is 1. The Morgan fingerprint density at radius 1 is 1.05 bits per heavy atom. The van der Waals surface area contributed by atoms with Gasteiger partial charge in [0.15, 0.2) is 0 Å². The standard InChI is InChI=1S/C43H50BrN3O8/c1-4-6-19-34(49)45-33(27-53-3)37(29-16-9-7-10-17-29)54-42(52)35-36-40(50)47(23-13-8-14-24-48)39(43(36)26-32(44)38(35)55-43)41(51)46(22-5-2)31-21-20-28-15-11-12-18-30(28)25-31/h4-5,7,9-12,15-18,20-21,25,32-33,35-39,48H,1-2,6,8,13-14,19,22-24,26-27H2,3H3,(H,45,49)/t32?,33-,35+,36-,37-,38+,39+,43-/m1/s1. The number of nitrogens with one attached hydrogen (secondary N) is 1. The molecule has 55 heavy (non-hydrogen) atoms. The number of amides is 3. The van der Waals surface area contributed by atoms with E-state index in [1.54, 1.807) is 22.0 Å². The third-order valence-corrected chi connectivity index (χ3v) is 11.8. The van der Waals surface area contributed by atoms with Crippen LogP contribution >= 0.6 is 15.9 Å². The number of carbonyl (C=O) groups is 4. The number of methoxy groups -OCH3 is 1. The van der Waals surface area contributed by atoms with E-state index in [4.69, 9.17) is 14.2 Å². The van der Waals surface area contributed by atoms with Crippen LogP contribution in [0.15, 0.2) is 98.1 Å². The van der Waals surface area contributed by atoms with Crippen molar-refractivity contribution in [2.24, 2.45) is 11.8 Å². The highest BCUT2D eigenvalue weighted by molar-refractivity contribution is 9.09. The Morgan fingerprint density at radius 3 is 2.51 bits per heavy atom. The Balaban J connectivity index is 1.36. The molecule has 3 heterocycles. The molecule has 11 nitrogen and oxygen atoms in total. The lowest BCUT2D eigenvalue weighted by molar-refractivity contribution is -0.163. The van der Waals surface area contributed by atoms with Crippen molar-refractivity contribution in [3.8, 4) is 0 Å². The number of benzene rings is 3. The van der Waals surface area contributed by atoms with Crippen molar-refractivity contribution >= 4 is 56.1 Å². The molecule has 12 heteroatoms. The molecule has 3 aromatic rings. The minimum atomic E-state index is -1.32. The van der Waals surface area contributed by atoms with Crippen molar-refractivity contribution in [2.45, 2.75) is 73.2 Å². The molecule has 1 unspecified atom stereocenters. The predicted molar refractivity (Wildman–Crippen MR) is 213 cm³/mol. The lowest BCUT2D eigenvalue weighted by Gasteiger charge is -2.37. The molecule has 0 aliphatic carbocycles. The SMILES string of the molecule is C=CCCC(=O)N[C@H](COC)[C@H](OC(=O)[C@@H]1[C@H]2O[C@@]3(CC2Br)[C@H](C(=O)N(CC=C)c2ccc4ccccc4c2)N(CCCCCO)C(=O)[C@@H]13)c1ccccc1. The molecule has 2 bridgehead atoms. The number of aliphatic hydroxyl groups is 1. The average Bonchev–Trinajstić information content (AvgIpc) is 3.79. The number of hydrogen-bond donors (Lipinski definition) is 2. The first-order chi connectivity index (χ1) is 26.7. The molecule has 0 saturated carbocycles. The minimum absolute atomic E-state index is 0.0171. The van der Waals surface area contributed by atoms with Crippen LogP contribution in [0.1, 0.15) is 50.2 Å². The summed E-state index contributed by atoms with van der Waals surface area (Å²) < 4.78 is 18.7. The molecule has 3 aromatic carbocycles.